The first kappa shape index (κ1) is 29.6. The second kappa shape index (κ2) is 15.5. The van der Waals surface area contributed by atoms with Crippen LogP contribution in [-0.4, -0.2) is 12.5 Å². The molecule has 4 nitrogen and oxygen atoms in total. The Labute approximate surface area is 228 Å². The zero-order valence-corrected chi connectivity index (χ0v) is 22.5. The van der Waals surface area contributed by atoms with Crippen LogP contribution in [-0.2, 0) is 26.2 Å². The molecule has 0 bridgehead atoms. The van der Waals surface area contributed by atoms with Crippen LogP contribution in [0.2, 0.25) is 0 Å². The molecule has 0 saturated carbocycles. The van der Waals surface area contributed by atoms with Gasteiger partial charge in [-0.1, -0.05) is 86.6 Å². The molecule has 0 amide bonds. The number of hydrogen-bond donors (Lipinski definition) is 0. The average molecular weight is 551 g/mol. The van der Waals surface area contributed by atoms with Gasteiger partial charge in [0.2, 0.25) is 0 Å². The molecule has 0 saturated heterocycles. The van der Waals surface area contributed by atoms with Gasteiger partial charge in [-0.05, 0) is 61.0 Å². The summed E-state index contributed by atoms with van der Waals surface area (Å²) in [7, 11) is 0. The number of halogens is 1. The van der Waals surface area contributed by atoms with E-state index in [0.29, 0.717) is 0 Å². The summed E-state index contributed by atoms with van der Waals surface area (Å²) in [5.41, 5.74) is 3.71. The maximum atomic E-state index is 11.8. The second-order valence-corrected chi connectivity index (χ2v) is 7.28. The van der Waals surface area contributed by atoms with Crippen LogP contribution in [0.25, 0.3) is 0 Å². The Kier molecular flexibility index (Phi) is 13.5. The minimum absolute atomic E-state index is 0. The smallest absolute Gasteiger partial charge is 1.00 e. The first-order valence-electron chi connectivity index (χ1n) is 10.7. The molecule has 1 radical (unpaired) electrons. The standard InChI is InChI=1S/2C14H14NO.ClH.Zr/c2*1-12(16)15(13-8-4-2-5-9-13)14-10-6-3-7-11-14;;/h2*2-12H,1H3;1H;/q2*-1;;+3/p-1. The van der Waals surface area contributed by atoms with Crippen molar-refractivity contribution >= 4 is 22.7 Å². The summed E-state index contributed by atoms with van der Waals surface area (Å²) in [5.74, 6) is 0. The fourth-order valence-electron chi connectivity index (χ4n) is 3.49. The van der Waals surface area contributed by atoms with Gasteiger partial charge in [-0.2, -0.15) is 0 Å². The molecule has 0 N–H and O–H groups in total. The third kappa shape index (κ3) is 8.41. The van der Waals surface area contributed by atoms with Crippen molar-refractivity contribution in [2.75, 3.05) is 9.80 Å². The molecule has 6 heteroatoms. The molecule has 0 aromatic heterocycles. The van der Waals surface area contributed by atoms with Gasteiger partial charge in [0, 0.05) is 22.7 Å². The van der Waals surface area contributed by atoms with Crippen molar-refractivity contribution in [3.05, 3.63) is 121 Å². The Hall–Kier alpha value is -2.43. The van der Waals surface area contributed by atoms with E-state index in [4.69, 9.17) is 0 Å². The van der Waals surface area contributed by atoms with Crippen molar-refractivity contribution < 1.29 is 48.8 Å². The Bertz CT molecular complexity index is 871. The summed E-state index contributed by atoms with van der Waals surface area (Å²) in [6.07, 6.45) is -1.60. The van der Waals surface area contributed by atoms with Crippen LogP contribution in [0.4, 0.5) is 22.7 Å². The van der Waals surface area contributed by atoms with E-state index in [1.165, 1.54) is 0 Å². The Morgan fingerprint density at radius 1 is 0.441 bits per heavy atom. The summed E-state index contributed by atoms with van der Waals surface area (Å²) in [6.45, 7) is 3.31. The fraction of sp³-hybridized carbons (Fsp3) is 0.143. The summed E-state index contributed by atoms with van der Waals surface area (Å²) in [6, 6.07) is 38.9. The van der Waals surface area contributed by atoms with E-state index in [-0.39, 0.29) is 38.6 Å². The third-order valence-corrected chi connectivity index (χ3v) is 4.86. The quantitative estimate of drug-likeness (QED) is 0.345. The van der Waals surface area contributed by atoms with Gasteiger partial charge in [0.15, 0.2) is 0 Å². The molecule has 0 heterocycles. The topological polar surface area (TPSA) is 52.6 Å². The van der Waals surface area contributed by atoms with E-state index in [9.17, 15) is 10.2 Å². The zero-order chi connectivity index (χ0) is 22.8. The predicted molar refractivity (Wildman–Crippen MR) is 129 cm³/mol. The van der Waals surface area contributed by atoms with Gasteiger partial charge in [0.1, 0.15) is 0 Å². The Morgan fingerprint density at radius 2 is 0.618 bits per heavy atom. The summed E-state index contributed by atoms with van der Waals surface area (Å²) in [5, 5.41) is 23.5. The SMILES string of the molecule is CC([O-])N(c1ccccc1)c1ccccc1.CC([O-])N(c1ccccc1)c1ccccc1.[Cl-].[Zr+3]. The summed E-state index contributed by atoms with van der Waals surface area (Å²) in [4.78, 5) is 3.56. The third-order valence-electron chi connectivity index (χ3n) is 4.86. The van der Waals surface area contributed by atoms with Gasteiger partial charge in [-0.3, -0.25) is 0 Å². The molecule has 0 aliphatic carbocycles. The predicted octanol–water partition coefficient (Wildman–Crippen LogP) is 2.06. The number of rotatable bonds is 6. The molecule has 2 atom stereocenters. The Morgan fingerprint density at radius 3 is 0.765 bits per heavy atom. The van der Waals surface area contributed by atoms with E-state index in [1.54, 1.807) is 23.6 Å². The number of para-hydroxylation sites is 4. The van der Waals surface area contributed by atoms with Crippen molar-refractivity contribution in [1.82, 2.24) is 0 Å². The molecule has 0 aliphatic rings. The summed E-state index contributed by atoms with van der Waals surface area (Å²) < 4.78 is 0. The van der Waals surface area contributed by atoms with E-state index in [1.807, 2.05) is 121 Å². The van der Waals surface area contributed by atoms with E-state index in [2.05, 4.69) is 0 Å². The number of benzene rings is 4. The molecule has 0 fully saturated rings. The number of anilines is 4. The van der Waals surface area contributed by atoms with Crippen molar-refractivity contribution in [1.29, 1.82) is 0 Å². The second-order valence-electron chi connectivity index (χ2n) is 7.28. The first-order valence-corrected chi connectivity index (χ1v) is 10.7. The van der Waals surface area contributed by atoms with Gasteiger partial charge >= 0.3 is 26.2 Å². The van der Waals surface area contributed by atoms with E-state index >= 15 is 0 Å². The minimum atomic E-state index is -0.801. The molecular weight excluding hydrogens is 523 g/mol. The van der Waals surface area contributed by atoms with Gasteiger partial charge in [-0.25, -0.2) is 0 Å². The van der Waals surface area contributed by atoms with Crippen molar-refractivity contribution in [2.45, 2.75) is 26.3 Å². The van der Waals surface area contributed by atoms with Crippen LogP contribution in [0.15, 0.2) is 121 Å². The van der Waals surface area contributed by atoms with Gasteiger partial charge in [0.25, 0.3) is 0 Å². The Balaban J connectivity index is 0.000000321. The fourth-order valence-corrected chi connectivity index (χ4v) is 3.49. The van der Waals surface area contributed by atoms with Crippen LogP contribution in [0.1, 0.15) is 13.8 Å². The maximum Gasteiger partial charge on any atom is 3.00 e. The van der Waals surface area contributed by atoms with Crippen molar-refractivity contribution in [3.8, 4) is 0 Å². The number of nitrogens with zero attached hydrogens (tertiary/aromatic N) is 2. The van der Waals surface area contributed by atoms with Gasteiger partial charge < -0.3 is 32.4 Å². The summed E-state index contributed by atoms with van der Waals surface area (Å²) >= 11 is 0. The molecule has 0 aliphatic heterocycles. The molecule has 4 rings (SSSR count). The molecule has 4 aromatic carbocycles. The molecule has 34 heavy (non-hydrogen) atoms. The van der Waals surface area contributed by atoms with E-state index < -0.39 is 12.5 Å². The van der Waals surface area contributed by atoms with Gasteiger partial charge in [-0.15, -0.1) is 0 Å². The minimum Gasteiger partial charge on any atom is -1.00 e. The van der Waals surface area contributed by atoms with E-state index in [0.717, 1.165) is 22.7 Å². The maximum absolute atomic E-state index is 11.8. The molecule has 173 valence electrons. The van der Waals surface area contributed by atoms with Crippen LogP contribution in [0, 0.1) is 0 Å². The zero-order valence-electron chi connectivity index (χ0n) is 19.3. The van der Waals surface area contributed by atoms with Crippen LogP contribution >= 0.6 is 0 Å². The largest absolute Gasteiger partial charge is 3.00 e. The monoisotopic (exact) mass is 549 g/mol. The van der Waals surface area contributed by atoms with Crippen molar-refractivity contribution in [3.63, 3.8) is 0 Å². The van der Waals surface area contributed by atoms with Gasteiger partial charge in [0.05, 0.1) is 0 Å². The first-order chi connectivity index (χ1) is 15.6. The van der Waals surface area contributed by atoms with Crippen LogP contribution < -0.4 is 32.4 Å². The van der Waals surface area contributed by atoms with Crippen LogP contribution in [0.5, 0.6) is 0 Å². The normalized spacial score (nSPS) is 11.4. The van der Waals surface area contributed by atoms with Crippen molar-refractivity contribution in [2.24, 2.45) is 0 Å². The number of hydrogen-bond acceptors (Lipinski definition) is 4. The molecule has 2 unspecified atom stereocenters. The molecule has 4 aromatic rings. The molecular formula is C28H28ClN2O2Zr. The average Bonchev–Trinajstić information content (AvgIpc) is 2.82. The molecule has 0 spiro atoms. The van der Waals surface area contributed by atoms with Crippen LogP contribution in [0.3, 0.4) is 0 Å².